The number of aromatic nitrogens is 1. The molecular formula is C24H28N4O2S. The Morgan fingerprint density at radius 1 is 0.903 bits per heavy atom. The van der Waals surface area contributed by atoms with Crippen LogP contribution < -0.4 is 9.80 Å². The van der Waals surface area contributed by atoms with Crippen LogP contribution in [-0.2, 0) is 16.4 Å². The first-order valence-electron chi connectivity index (χ1n) is 10.8. The molecule has 0 amide bonds. The van der Waals surface area contributed by atoms with Crippen LogP contribution in [0.3, 0.4) is 0 Å². The Morgan fingerprint density at radius 3 is 2.48 bits per heavy atom. The molecule has 0 unspecified atom stereocenters. The summed E-state index contributed by atoms with van der Waals surface area (Å²) < 4.78 is 25.6. The van der Waals surface area contributed by atoms with Gasteiger partial charge in [0.05, 0.1) is 16.2 Å². The van der Waals surface area contributed by atoms with E-state index < -0.39 is 9.84 Å². The molecule has 1 saturated heterocycles. The van der Waals surface area contributed by atoms with Gasteiger partial charge >= 0.3 is 0 Å². The van der Waals surface area contributed by atoms with Gasteiger partial charge in [0.25, 0.3) is 0 Å². The number of hydrogen-bond donors (Lipinski definition) is 0. The number of pyridine rings is 1. The lowest BCUT2D eigenvalue weighted by Crippen LogP contribution is -2.44. The van der Waals surface area contributed by atoms with E-state index in [2.05, 4.69) is 52.9 Å². The number of nitrogens with zero attached hydrogens (tertiary/aromatic N) is 4. The molecule has 0 radical (unpaired) electrons. The minimum absolute atomic E-state index is 0.0987. The van der Waals surface area contributed by atoms with E-state index in [-0.39, 0.29) is 5.75 Å². The molecule has 0 bridgehead atoms. The number of sulfone groups is 1. The van der Waals surface area contributed by atoms with Crippen LogP contribution in [0.25, 0.3) is 10.9 Å². The van der Waals surface area contributed by atoms with Crippen molar-refractivity contribution in [3.63, 3.8) is 0 Å². The zero-order valence-electron chi connectivity index (χ0n) is 18.1. The lowest BCUT2D eigenvalue weighted by atomic mass is 10.1. The minimum Gasteiger partial charge on any atom is -0.368 e. The number of rotatable bonds is 2. The Morgan fingerprint density at radius 2 is 1.68 bits per heavy atom. The number of hydrogen-bond acceptors (Lipinski definition) is 6. The highest BCUT2D eigenvalue weighted by atomic mass is 32.2. The Kier molecular flexibility index (Phi) is 5.10. The number of fused-ring (bicyclic) bond motifs is 2. The van der Waals surface area contributed by atoms with E-state index in [0.29, 0.717) is 18.0 Å². The Labute approximate surface area is 184 Å². The third kappa shape index (κ3) is 3.88. The summed E-state index contributed by atoms with van der Waals surface area (Å²) in [7, 11) is -1.13. The summed E-state index contributed by atoms with van der Waals surface area (Å²) in [6.45, 7) is 7.09. The summed E-state index contributed by atoms with van der Waals surface area (Å²) in [5, 5.41) is 1.16. The lowest BCUT2D eigenvalue weighted by Gasteiger charge is -2.35. The van der Waals surface area contributed by atoms with Crippen molar-refractivity contribution in [3.05, 3.63) is 59.7 Å². The maximum absolute atomic E-state index is 12.8. The van der Waals surface area contributed by atoms with E-state index in [1.807, 2.05) is 12.1 Å². The molecule has 0 aliphatic carbocycles. The maximum Gasteiger partial charge on any atom is 0.180 e. The van der Waals surface area contributed by atoms with Gasteiger partial charge in [-0.25, -0.2) is 13.4 Å². The third-order valence-corrected chi connectivity index (χ3v) is 8.18. The predicted molar refractivity (Wildman–Crippen MR) is 126 cm³/mol. The fourth-order valence-corrected chi connectivity index (χ4v) is 6.04. The van der Waals surface area contributed by atoms with E-state index in [4.69, 9.17) is 4.98 Å². The zero-order chi connectivity index (χ0) is 21.6. The molecule has 3 aromatic rings. The molecule has 3 heterocycles. The van der Waals surface area contributed by atoms with Crippen molar-refractivity contribution < 1.29 is 8.42 Å². The fourth-order valence-electron chi connectivity index (χ4n) is 4.54. The van der Waals surface area contributed by atoms with Crippen LogP contribution in [-0.4, -0.2) is 63.8 Å². The van der Waals surface area contributed by atoms with Gasteiger partial charge in [0.15, 0.2) is 9.84 Å². The summed E-state index contributed by atoms with van der Waals surface area (Å²) in [5.41, 5.74) is 4.20. The van der Waals surface area contributed by atoms with E-state index in [1.54, 1.807) is 12.1 Å². The van der Waals surface area contributed by atoms with Gasteiger partial charge in [0, 0.05) is 56.4 Å². The van der Waals surface area contributed by atoms with Crippen LogP contribution in [0.15, 0.2) is 53.4 Å². The van der Waals surface area contributed by atoms with Crippen LogP contribution in [0.4, 0.5) is 11.5 Å². The Hall–Kier alpha value is -2.64. The molecule has 31 heavy (non-hydrogen) atoms. The van der Waals surface area contributed by atoms with Gasteiger partial charge in [0.2, 0.25) is 0 Å². The van der Waals surface area contributed by atoms with Gasteiger partial charge in [-0.05, 0) is 37.7 Å². The van der Waals surface area contributed by atoms with Crippen molar-refractivity contribution >= 4 is 32.2 Å². The van der Waals surface area contributed by atoms with Crippen LogP contribution in [0.2, 0.25) is 0 Å². The minimum atomic E-state index is -3.29. The van der Waals surface area contributed by atoms with Gasteiger partial charge in [-0.15, -0.1) is 0 Å². The zero-order valence-corrected chi connectivity index (χ0v) is 18.9. The van der Waals surface area contributed by atoms with Crippen LogP contribution in [0.5, 0.6) is 0 Å². The molecule has 1 fully saturated rings. The monoisotopic (exact) mass is 436 g/mol. The first-order valence-corrected chi connectivity index (χ1v) is 12.5. The molecule has 0 atom stereocenters. The quantitative estimate of drug-likeness (QED) is 0.615. The molecule has 2 aromatic carbocycles. The second-order valence-corrected chi connectivity index (χ2v) is 10.7. The second-order valence-electron chi connectivity index (χ2n) is 8.66. The topological polar surface area (TPSA) is 56.8 Å². The molecule has 2 aliphatic rings. The van der Waals surface area contributed by atoms with Gasteiger partial charge in [-0.1, -0.05) is 29.8 Å². The van der Waals surface area contributed by atoms with Crippen LogP contribution in [0, 0.1) is 6.92 Å². The van der Waals surface area contributed by atoms with E-state index >= 15 is 0 Å². The second kappa shape index (κ2) is 7.80. The average molecular weight is 437 g/mol. The van der Waals surface area contributed by atoms with Crippen molar-refractivity contribution in [2.75, 3.05) is 55.3 Å². The van der Waals surface area contributed by atoms with Crippen LogP contribution >= 0.6 is 0 Å². The molecule has 162 valence electrons. The fraction of sp³-hybridized carbons (Fsp3) is 0.375. The summed E-state index contributed by atoms with van der Waals surface area (Å²) in [4.78, 5) is 12.3. The molecule has 7 heteroatoms. The number of benzene rings is 2. The highest BCUT2D eigenvalue weighted by Crippen LogP contribution is 2.33. The summed E-state index contributed by atoms with van der Waals surface area (Å²) in [6, 6.07) is 15.9. The molecule has 5 rings (SSSR count). The molecule has 0 spiro atoms. The Bertz CT molecular complexity index is 1230. The molecule has 2 aliphatic heterocycles. The summed E-state index contributed by atoms with van der Waals surface area (Å²) in [6.07, 6.45) is 0. The highest BCUT2D eigenvalue weighted by molar-refractivity contribution is 7.91. The molecule has 1 aromatic heterocycles. The van der Waals surface area contributed by atoms with E-state index in [0.717, 1.165) is 48.5 Å². The van der Waals surface area contributed by atoms with Gasteiger partial charge in [-0.2, -0.15) is 0 Å². The number of piperazine rings is 1. The first-order chi connectivity index (χ1) is 14.9. The van der Waals surface area contributed by atoms with Crippen molar-refractivity contribution in [2.24, 2.45) is 0 Å². The largest absolute Gasteiger partial charge is 0.368 e. The van der Waals surface area contributed by atoms with Crippen molar-refractivity contribution in [1.82, 2.24) is 9.88 Å². The first kappa shape index (κ1) is 20.3. The lowest BCUT2D eigenvalue weighted by molar-refractivity contribution is 0.313. The predicted octanol–water partition coefficient (Wildman–Crippen LogP) is 3.09. The molecular weight excluding hydrogens is 408 g/mol. The van der Waals surface area contributed by atoms with Crippen molar-refractivity contribution in [3.8, 4) is 0 Å². The van der Waals surface area contributed by atoms with Gasteiger partial charge in [-0.3, -0.25) is 0 Å². The number of aryl methyl sites for hydroxylation is 1. The van der Waals surface area contributed by atoms with Crippen molar-refractivity contribution in [1.29, 1.82) is 0 Å². The Balaban J connectivity index is 1.60. The third-order valence-electron chi connectivity index (χ3n) is 6.40. The molecule has 0 saturated carbocycles. The summed E-state index contributed by atoms with van der Waals surface area (Å²) in [5.74, 6) is 0.943. The normalized spacial score (nSPS) is 19.3. The summed E-state index contributed by atoms with van der Waals surface area (Å²) >= 11 is 0. The molecule has 0 N–H and O–H groups in total. The molecule has 6 nitrogen and oxygen atoms in total. The van der Waals surface area contributed by atoms with Gasteiger partial charge < -0.3 is 14.7 Å². The standard InChI is InChI=1S/C24H28N4O2S/c1-18-7-8-21-20(15-18)22(27-11-9-26(2)10-12-27)16-24(25-21)28-13-14-31(29,30)23-6-4-3-5-19(23)17-28/h3-8,15-16H,9-14,17H2,1-2H3. The highest BCUT2D eigenvalue weighted by Gasteiger charge is 2.27. The smallest absolute Gasteiger partial charge is 0.180 e. The SMILES string of the molecule is Cc1ccc2nc(N3CCS(=O)(=O)c4ccccc4C3)cc(N3CCN(C)CC3)c2c1. The van der Waals surface area contributed by atoms with Crippen LogP contribution in [0.1, 0.15) is 11.1 Å². The van der Waals surface area contributed by atoms with E-state index in [1.165, 1.54) is 11.3 Å². The van der Waals surface area contributed by atoms with Crippen molar-refractivity contribution in [2.45, 2.75) is 18.4 Å². The van der Waals surface area contributed by atoms with Gasteiger partial charge in [0.1, 0.15) is 5.82 Å². The number of likely N-dealkylation sites (N-methyl/N-ethyl adjacent to an activating group) is 1. The number of anilines is 2. The maximum atomic E-state index is 12.8. The average Bonchev–Trinajstić information content (AvgIpc) is 2.90. The van der Waals surface area contributed by atoms with E-state index in [9.17, 15) is 8.42 Å².